The molecule has 0 atom stereocenters. The maximum atomic E-state index is 11.7. The van der Waals surface area contributed by atoms with E-state index in [0.717, 1.165) is 16.4 Å². The number of aromatic nitrogens is 2. The number of hydrogen-bond donors (Lipinski definition) is 2. The number of nitrogens with zero attached hydrogens (tertiary/aromatic N) is 2. The molecular weight excluding hydrogens is 236 g/mol. The predicted molar refractivity (Wildman–Crippen MR) is 67.1 cm³/mol. The fourth-order valence-electron chi connectivity index (χ4n) is 1.28. The summed E-state index contributed by atoms with van der Waals surface area (Å²) in [7, 11) is 1.84. The Hall–Kier alpha value is -1.95. The van der Waals surface area contributed by atoms with Crippen molar-refractivity contribution in [2.45, 2.75) is 6.92 Å². The predicted octanol–water partition coefficient (Wildman–Crippen LogP) is 1.92. The molecule has 0 bridgehead atoms. The smallest absolute Gasteiger partial charge is 0.308 e. The minimum atomic E-state index is -0.261. The summed E-state index contributed by atoms with van der Waals surface area (Å²) in [4.78, 5) is 11.7. The first-order chi connectivity index (χ1) is 8.16. The van der Waals surface area contributed by atoms with Crippen LogP contribution in [0.2, 0.25) is 0 Å². The van der Waals surface area contributed by atoms with E-state index in [9.17, 15) is 4.79 Å². The maximum absolute atomic E-state index is 11.7. The quantitative estimate of drug-likeness (QED) is 0.799. The van der Waals surface area contributed by atoms with Gasteiger partial charge in [-0.1, -0.05) is 22.9 Å². The minimum Gasteiger partial charge on any atom is -0.308 e. The van der Waals surface area contributed by atoms with Gasteiger partial charge in [0.15, 0.2) is 12.0 Å². The van der Waals surface area contributed by atoms with Crippen LogP contribution in [-0.2, 0) is 7.05 Å². The monoisotopic (exact) mass is 249 g/mol. The van der Waals surface area contributed by atoms with Gasteiger partial charge in [-0.25, -0.2) is 4.79 Å². The number of rotatable bonds is 2. The van der Waals surface area contributed by atoms with Gasteiger partial charge in [0.25, 0.3) is 0 Å². The van der Waals surface area contributed by atoms with E-state index in [1.807, 2.05) is 44.3 Å². The summed E-state index contributed by atoms with van der Waals surface area (Å²) >= 11 is 1.26. The van der Waals surface area contributed by atoms with Gasteiger partial charge >= 0.3 is 6.03 Å². The molecule has 0 radical (unpaired) electrons. The van der Waals surface area contributed by atoms with Gasteiger partial charge in [0.1, 0.15) is 0 Å². The molecule has 0 aliphatic carbocycles. The number of carbonyl (C=O) groups is 1. The topological polar surface area (TPSA) is 57.9 Å². The van der Waals surface area contributed by atoms with Crippen LogP contribution in [0.1, 0.15) is 5.69 Å². The highest BCUT2D eigenvalue weighted by Crippen LogP contribution is 2.15. The van der Waals surface area contributed by atoms with Crippen molar-refractivity contribution in [3.63, 3.8) is 0 Å². The molecule has 0 aliphatic rings. The average Bonchev–Trinajstić information content (AvgIpc) is 2.62. The number of amides is 2. The Kier molecular flexibility index (Phi) is 3.34. The van der Waals surface area contributed by atoms with Crippen LogP contribution in [0.5, 0.6) is 0 Å². The van der Waals surface area contributed by atoms with Gasteiger partial charge in [0.05, 0.1) is 16.0 Å². The Bertz CT molecular complexity index is 524. The van der Waals surface area contributed by atoms with Gasteiger partial charge in [0.2, 0.25) is 5.69 Å². The standard InChI is InChI=1S/C11H12N4OS/c1-8-10(17-14-15(8)2)13-11(16)12-9-6-4-3-5-7-9/h3-7H,1-2H3,(H-,12,13,14,16)/p+1. The number of urea groups is 1. The Morgan fingerprint density at radius 3 is 2.59 bits per heavy atom. The number of anilines is 2. The van der Waals surface area contributed by atoms with Crippen molar-refractivity contribution in [1.82, 2.24) is 4.49 Å². The second kappa shape index (κ2) is 4.92. The summed E-state index contributed by atoms with van der Waals surface area (Å²) in [5.74, 6) is 0. The largest absolute Gasteiger partial charge is 0.324 e. The molecule has 0 fully saturated rings. The molecule has 0 spiro atoms. The first-order valence-corrected chi connectivity index (χ1v) is 5.90. The average molecular weight is 249 g/mol. The van der Waals surface area contributed by atoms with Crippen LogP contribution < -0.4 is 15.3 Å². The maximum Gasteiger partial charge on any atom is 0.324 e. The van der Waals surface area contributed by atoms with Crippen molar-refractivity contribution in [1.29, 1.82) is 0 Å². The van der Waals surface area contributed by atoms with Crippen LogP contribution in [0.25, 0.3) is 0 Å². The zero-order chi connectivity index (χ0) is 12.3. The van der Waals surface area contributed by atoms with E-state index in [1.54, 1.807) is 4.68 Å². The van der Waals surface area contributed by atoms with Gasteiger partial charge in [-0.05, 0) is 12.1 Å². The van der Waals surface area contributed by atoms with Crippen molar-refractivity contribution in [2.24, 2.45) is 7.05 Å². The van der Waals surface area contributed by atoms with E-state index in [-0.39, 0.29) is 6.03 Å². The molecule has 2 aromatic rings. The third-order valence-electron chi connectivity index (χ3n) is 2.33. The van der Waals surface area contributed by atoms with Crippen molar-refractivity contribution < 1.29 is 9.48 Å². The lowest BCUT2D eigenvalue weighted by atomic mass is 10.3. The Labute approximate surface area is 103 Å². The lowest BCUT2D eigenvalue weighted by Gasteiger charge is -2.04. The van der Waals surface area contributed by atoms with Crippen LogP contribution in [0.15, 0.2) is 30.3 Å². The number of aryl methyl sites for hydroxylation is 1. The van der Waals surface area contributed by atoms with Gasteiger partial charge < -0.3 is 5.32 Å². The number of nitrogens with one attached hydrogen (secondary N) is 2. The van der Waals surface area contributed by atoms with Gasteiger partial charge in [0, 0.05) is 12.6 Å². The molecule has 5 nitrogen and oxygen atoms in total. The van der Waals surface area contributed by atoms with Crippen molar-refractivity contribution in [3.05, 3.63) is 36.0 Å². The van der Waals surface area contributed by atoms with Gasteiger partial charge in [-0.15, -0.1) is 0 Å². The molecule has 1 heterocycles. The summed E-state index contributed by atoms with van der Waals surface area (Å²) in [6, 6.07) is 9.04. The normalized spacial score (nSPS) is 10.0. The van der Waals surface area contributed by atoms with Crippen molar-refractivity contribution in [3.8, 4) is 0 Å². The van der Waals surface area contributed by atoms with E-state index in [0.29, 0.717) is 0 Å². The van der Waals surface area contributed by atoms with Crippen LogP contribution in [-0.4, -0.2) is 10.5 Å². The number of hydrogen-bond acceptors (Lipinski definition) is 3. The Morgan fingerprint density at radius 2 is 2.00 bits per heavy atom. The van der Waals surface area contributed by atoms with Crippen LogP contribution in [0, 0.1) is 6.92 Å². The fourth-order valence-corrected chi connectivity index (χ4v) is 2.01. The van der Waals surface area contributed by atoms with Gasteiger partial charge in [-0.3, -0.25) is 5.32 Å². The van der Waals surface area contributed by atoms with Crippen LogP contribution >= 0.6 is 11.5 Å². The summed E-state index contributed by atoms with van der Waals surface area (Å²) in [6.07, 6.45) is 0. The molecule has 1 aromatic heterocycles. The van der Waals surface area contributed by atoms with E-state index in [2.05, 4.69) is 15.1 Å². The summed E-state index contributed by atoms with van der Waals surface area (Å²) in [5, 5.41) is 6.26. The highest BCUT2D eigenvalue weighted by atomic mass is 32.1. The minimum absolute atomic E-state index is 0.261. The second-order valence-corrected chi connectivity index (χ2v) is 4.31. The number of carbonyl (C=O) groups excluding carboxylic acids is 1. The zero-order valence-corrected chi connectivity index (χ0v) is 10.4. The third kappa shape index (κ3) is 2.79. The fraction of sp³-hybridized carbons (Fsp3) is 0.182. The van der Waals surface area contributed by atoms with Gasteiger partial charge in [-0.2, -0.15) is 0 Å². The first-order valence-electron chi connectivity index (χ1n) is 5.12. The molecule has 2 N–H and O–H groups in total. The second-order valence-electron chi connectivity index (χ2n) is 3.56. The number of benzene rings is 1. The lowest BCUT2D eigenvalue weighted by molar-refractivity contribution is -0.728. The SMILES string of the molecule is Cc1c(NC(=O)Nc2ccccc2)sn[n+]1C. The molecule has 6 heteroatoms. The summed E-state index contributed by atoms with van der Waals surface area (Å²) in [5.41, 5.74) is 1.69. The molecular formula is C11H13N4OS+. The lowest BCUT2D eigenvalue weighted by Crippen LogP contribution is -2.32. The van der Waals surface area contributed by atoms with E-state index >= 15 is 0 Å². The molecule has 0 saturated heterocycles. The molecule has 1 aromatic carbocycles. The van der Waals surface area contributed by atoms with E-state index in [4.69, 9.17) is 0 Å². The van der Waals surface area contributed by atoms with Crippen LogP contribution in [0.4, 0.5) is 15.5 Å². The van der Waals surface area contributed by atoms with Crippen LogP contribution in [0.3, 0.4) is 0 Å². The molecule has 0 unspecified atom stereocenters. The summed E-state index contributed by atoms with van der Waals surface area (Å²) in [6.45, 7) is 1.90. The highest BCUT2D eigenvalue weighted by molar-refractivity contribution is 7.10. The number of para-hydroxylation sites is 1. The molecule has 2 rings (SSSR count). The zero-order valence-electron chi connectivity index (χ0n) is 9.60. The van der Waals surface area contributed by atoms with Crippen molar-refractivity contribution in [2.75, 3.05) is 10.6 Å². The van der Waals surface area contributed by atoms with Crippen molar-refractivity contribution >= 4 is 28.3 Å². The molecule has 2 amide bonds. The Morgan fingerprint density at radius 1 is 1.29 bits per heavy atom. The molecule has 0 aliphatic heterocycles. The first kappa shape index (κ1) is 11.5. The molecule has 0 saturated carbocycles. The molecule has 88 valence electrons. The van der Waals surface area contributed by atoms with E-state index in [1.165, 1.54) is 11.5 Å². The Balaban J connectivity index is 2.01. The summed E-state index contributed by atoms with van der Waals surface area (Å²) < 4.78 is 5.82. The molecule has 17 heavy (non-hydrogen) atoms. The highest BCUT2D eigenvalue weighted by Gasteiger charge is 2.15. The van der Waals surface area contributed by atoms with E-state index < -0.39 is 0 Å². The third-order valence-corrected chi connectivity index (χ3v) is 3.23.